The van der Waals surface area contributed by atoms with Crippen molar-refractivity contribution in [2.75, 3.05) is 24.2 Å². The zero-order valence-electron chi connectivity index (χ0n) is 7.73. The van der Waals surface area contributed by atoms with Crippen LogP contribution in [-0.4, -0.2) is 37.5 Å². The van der Waals surface area contributed by atoms with Crippen LogP contribution in [0.15, 0.2) is 5.51 Å². The van der Waals surface area contributed by atoms with Crippen LogP contribution >= 0.6 is 11.3 Å². The number of nitrogens with one attached hydrogen (secondary N) is 2. The average Bonchev–Trinajstić information content (AvgIpc) is 2.56. The summed E-state index contributed by atoms with van der Waals surface area (Å²) in [5.74, 6) is 0.0421. The summed E-state index contributed by atoms with van der Waals surface area (Å²) in [5.41, 5.74) is 1.58. The Kier molecular flexibility index (Phi) is 4.23. The highest BCUT2D eigenvalue weighted by Crippen LogP contribution is 2.06. The molecule has 0 saturated heterocycles. The van der Waals surface area contributed by atoms with Gasteiger partial charge in [0, 0.05) is 13.1 Å². The smallest absolute Gasteiger partial charge is 0.213 e. The van der Waals surface area contributed by atoms with Crippen LogP contribution < -0.4 is 10.0 Å². The molecular weight excluding hydrogens is 224 g/mol. The fourth-order valence-electron chi connectivity index (χ4n) is 0.835. The molecule has 6 nitrogen and oxygen atoms in total. The number of hydrogen-bond donors (Lipinski definition) is 2. The maximum absolute atomic E-state index is 11.2. The molecule has 0 fully saturated rings. The van der Waals surface area contributed by atoms with E-state index < -0.39 is 10.0 Å². The van der Waals surface area contributed by atoms with Crippen LogP contribution in [0.2, 0.25) is 0 Å². The molecule has 2 N–H and O–H groups in total. The molecule has 0 amide bonds. The second kappa shape index (κ2) is 5.23. The standard InChI is InChI=1S/C6H12N4O2S2/c1-2-9-14(11,12)4-3-7-6-10-8-5-13-6/h5,9H,2-4H2,1H3,(H,7,10). The molecule has 0 aliphatic rings. The van der Waals surface area contributed by atoms with E-state index in [9.17, 15) is 8.42 Å². The Bertz CT molecular complexity index is 348. The fourth-order valence-corrected chi connectivity index (χ4v) is 2.26. The van der Waals surface area contributed by atoms with E-state index in [1.807, 2.05) is 0 Å². The molecule has 0 aliphatic heterocycles. The molecule has 0 aliphatic carbocycles. The molecule has 14 heavy (non-hydrogen) atoms. The molecule has 80 valence electrons. The van der Waals surface area contributed by atoms with E-state index in [1.165, 1.54) is 11.3 Å². The Balaban J connectivity index is 2.28. The lowest BCUT2D eigenvalue weighted by Crippen LogP contribution is -2.29. The predicted octanol–water partition coefficient (Wildman–Crippen LogP) is -0.111. The molecule has 1 aromatic heterocycles. The lowest BCUT2D eigenvalue weighted by Gasteiger charge is -2.04. The Morgan fingerprint density at radius 1 is 1.57 bits per heavy atom. The second-order valence-electron chi connectivity index (χ2n) is 2.49. The molecule has 1 heterocycles. The summed E-state index contributed by atoms with van der Waals surface area (Å²) < 4.78 is 24.8. The van der Waals surface area contributed by atoms with Crippen molar-refractivity contribution >= 4 is 26.5 Å². The zero-order valence-corrected chi connectivity index (χ0v) is 9.36. The van der Waals surface area contributed by atoms with Gasteiger partial charge in [0.05, 0.1) is 5.75 Å². The van der Waals surface area contributed by atoms with Crippen molar-refractivity contribution in [1.29, 1.82) is 0 Å². The normalized spacial score (nSPS) is 11.5. The number of rotatable bonds is 6. The topological polar surface area (TPSA) is 84.0 Å². The van der Waals surface area contributed by atoms with Crippen molar-refractivity contribution in [3.8, 4) is 0 Å². The van der Waals surface area contributed by atoms with Gasteiger partial charge in [0.25, 0.3) is 0 Å². The van der Waals surface area contributed by atoms with Crippen molar-refractivity contribution in [2.45, 2.75) is 6.92 Å². The van der Waals surface area contributed by atoms with Gasteiger partial charge in [-0.1, -0.05) is 18.3 Å². The van der Waals surface area contributed by atoms with Crippen LogP contribution in [0.25, 0.3) is 0 Å². The third-order valence-corrected chi connectivity index (χ3v) is 3.49. The summed E-state index contributed by atoms with van der Waals surface area (Å²) in [7, 11) is -3.14. The largest absolute Gasteiger partial charge is 0.359 e. The molecule has 8 heteroatoms. The molecule has 1 rings (SSSR count). The van der Waals surface area contributed by atoms with Gasteiger partial charge in [0.2, 0.25) is 15.2 Å². The van der Waals surface area contributed by atoms with Crippen molar-refractivity contribution in [3.63, 3.8) is 0 Å². The molecule has 0 aromatic carbocycles. The second-order valence-corrected chi connectivity index (χ2v) is 5.25. The molecule has 0 unspecified atom stereocenters. The minimum atomic E-state index is -3.14. The molecular formula is C6H12N4O2S2. The number of anilines is 1. The quantitative estimate of drug-likeness (QED) is 0.720. The highest BCUT2D eigenvalue weighted by atomic mass is 32.2. The predicted molar refractivity (Wildman–Crippen MR) is 55.9 cm³/mol. The highest BCUT2D eigenvalue weighted by molar-refractivity contribution is 7.89. The van der Waals surface area contributed by atoms with Gasteiger partial charge in [-0.15, -0.1) is 10.2 Å². The van der Waals surface area contributed by atoms with E-state index in [0.29, 0.717) is 18.2 Å². The monoisotopic (exact) mass is 236 g/mol. The first-order chi connectivity index (χ1) is 6.64. The van der Waals surface area contributed by atoms with Crippen molar-refractivity contribution < 1.29 is 8.42 Å². The van der Waals surface area contributed by atoms with Gasteiger partial charge in [0.15, 0.2) is 0 Å². The zero-order chi connectivity index (χ0) is 10.4. The van der Waals surface area contributed by atoms with E-state index in [4.69, 9.17) is 0 Å². The van der Waals surface area contributed by atoms with Gasteiger partial charge < -0.3 is 5.32 Å². The van der Waals surface area contributed by atoms with Crippen molar-refractivity contribution in [3.05, 3.63) is 5.51 Å². The van der Waals surface area contributed by atoms with Crippen LogP contribution in [0.4, 0.5) is 5.13 Å². The molecule has 0 bridgehead atoms. The van der Waals surface area contributed by atoms with E-state index in [0.717, 1.165) is 0 Å². The first kappa shape index (κ1) is 11.3. The number of sulfonamides is 1. The van der Waals surface area contributed by atoms with Crippen LogP contribution in [0.3, 0.4) is 0 Å². The Hall–Kier alpha value is -0.730. The fraction of sp³-hybridized carbons (Fsp3) is 0.667. The van der Waals surface area contributed by atoms with Crippen LogP contribution in [-0.2, 0) is 10.0 Å². The van der Waals surface area contributed by atoms with Gasteiger partial charge in [-0.2, -0.15) is 0 Å². The molecule has 0 radical (unpaired) electrons. The van der Waals surface area contributed by atoms with Crippen molar-refractivity contribution in [2.24, 2.45) is 0 Å². The van der Waals surface area contributed by atoms with E-state index in [-0.39, 0.29) is 5.75 Å². The Labute approximate surface area is 86.8 Å². The van der Waals surface area contributed by atoms with E-state index in [2.05, 4.69) is 20.2 Å². The lowest BCUT2D eigenvalue weighted by atomic mass is 10.7. The third-order valence-electron chi connectivity index (χ3n) is 1.37. The first-order valence-corrected chi connectivity index (χ1v) is 6.64. The number of nitrogens with zero attached hydrogens (tertiary/aromatic N) is 2. The molecule has 0 atom stereocenters. The van der Waals surface area contributed by atoms with Crippen LogP contribution in [0, 0.1) is 0 Å². The van der Waals surface area contributed by atoms with Gasteiger partial charge >= 0.3 is 0 Å². The van der Waals surface area contributed by atoms with Gasteiger partial charge in [-0.3, -0.25) is 0 Å². The van der Waals surface area contributed by atoms with E-state index in [1.54, 1.807) is 12.4 Å². The number of hydrogen-bond acceptors (Lipinski definition) is 6. The minimum Gasteiger partial charge on any atom is -0.359 e. The Morgan fingerprint density at radius 2 is 2.36 bits per heavy atom. The van der Waals surface area contributed by atoms with Gasteiger partial charge in [-0.05, 0) is 0 Å². The highest BCUT2D eigenvalue weighted by Gasteiger charge is 2.07. The molecule has 0 spiro atoms. The summed E-state index contributed by atoms with van der Waals surface area (Å²) >= 11 is 1.34. The minimum absolute atomic E-state index is 0.0421. The number of aromatic nitrogens is 2. The summed E-state index contributed by atoms with van der Waals surface area (Å²) in [6.45, 7) is 2.50. The van der Waals surface area contributed by atoms with Gasteiger partial charge in [0.1, 0.15) is 5.51 Å². The first-order valence-electron chi connectivity index (χ1n) is 4.11. The molecule has 1 aromatic rings. The SMILES string of the molecule is CCNS(=O)(=O)CCNc1nncs1. The van der Waals surface area contributed by atoms with Gasteiger partial charge in [-0.25, -0.2) is 13.1 Å². The summed E-state index contributed by atoms with van der Waals surface area (Å²) in [6, 6.07) is 0. The summed E-state index contributed by atoms with van der Waals surface area (Å²) in [6.07, 6.45) is 0. The van der Waals surface area contributed by atoms with Crippen molar-refractivity contribution in [1.82, 2.24) is 14.9 Å². The summed E-state index contributed by atoms with van der Waals surface area (Å²) in [4.78, 5) is 0. The lowest BCUT2D eigenvalue weighted by molar-refractivity contribution is 0.584. The Morgan fingerprint density at radius 3 is 2.93 bits per heavy atom. The summed E-state index contributed by atoms with van der Waals surface area (Å²) in [5, 5.41) is 10.8. The van der Waals surface area contributed by atoms with Crippen LogP contribution in [0.1, 0.15) is 6.92 Å². The maximum atomic E-state index is 11.2. The maximum Gasteiger partial charge on any atom is 0.213 e. The van der Waals surface area contributed by atoms with E-state index >= 15 is 0 Å². The molecule has 0 saturated carbocycles. The third kappa shape index (κ3) is 3.99. The average molecular weight is 236 g/mol. The van der Waals surface area contributed by atoms with Crippen LogP contribution in [0.5, 0.6) is 0 Å².